The first-order chi connectivity index (χ1) is 18.7. The lowest BCUT2D eigenvalue weighted by atomic mass is 9.71. The van der Waals surface area contributed by atoms with Crippen molar-refractivity contribution in [3.8, 4) is 0 Å². The first-order valence-corrected chi connectivity index (χ1v) is 16.2. The van der Waals surface area contributed by atoms with Crippen molar-refractivity contribution < 1.29 is 38.2 Å². The number of nitrogens with zero attached hydrogens (tertiary/aromatic N) is 2. The lowest BCUT2D eigenvalue weighted by Crippen LogP contribution is -2.48. The van der Waals surface area contributed by atoms with Crippen LogP contribution in [0.4, 0.5) is 9.59 Å². The lowest BCUT2D eigenvalue weighted by Gasteiger charge is -2.39. The Morgan fingerprint density at radius 2 is 1.67 bits per heavy atom. The molecule has 1 saturated heterocycles. The molecule has 2 aliphatic rings. The van der Waals surface area contributed by atoms with Crippen LogP contribution < -0.4 is 5.32 Å². The predicted molar refractivity (Wildman–Crippen MR) is 150 cm³/mol. The molecule has 13 heteroatoms. The molecule has 1 aliphatic heterocycles. The number of hydrogen-bond acceptors (Lipinski definition) is 10. The maximum absolute atomic E-state index is 12.5. The largest absolute Gasteiger partial charge is 0.466 e. The van der Waals surface area contributed by atoms with Crippen molar-refractivity contribution in [3.63, 3.8) is 0 Å². The number of rotatable bonds is 15. The molecule has 0 bridgehead atoms. The smallest absolute Gasteiger partial charge is 0.413 e. The molecular formula is C26H43N3O8S2. The van der Waals surface area contributed by atoms with Crippen molar-refractivity contribution in [1.29, 1.82) is 0 Å². The fraction of sp³-hybridized carbons (Fsp3) is 0.808. The van der Waals surface area contributed by atoms with Crippen LogP contribution in [0.5, 0.6) is 0 Å². The summed E-state index contributed by atoms with van der Waals surface area (Å²) in [7, 11) is 4.65. The first kappa shape index (κ1) is 33.1. The van der Waals surface area contributed by atoms with Crippen molar-refractivity contribution >= 4 is 51.6 Å². The van der Waals surface area contributed by atoms with Gasteiger partial charge in [0.25, 0.3) is 5.91 Å². The molecule has 1 aliphatic carbocycles. The molecule has 0 unspecified atom stereocenters. The molecule has 1 atom stereocenters. The first-order valence-electron chi connectivity index (χ1n) is 13.8. The minimum Gasteiger partial charge on any atom is -0.466 e. The standard InChI is InChI=1S/C26H43N3O8S2/c1-4-20(29-13-9-10-21(29)30)23(32)27-24(33)36-14-16-38-39-17-15-37-25(34)28(3)19-26(11-7-6-8-12-26)18-22(31)35-5-2/h20H,4-19H2,1-3H3,(H,27,32,33)/t20-/m0/s1. The Bertz CT molecular complexity index is 838. The number of imide groups is 1. The van der Waals surface area contributed by atoms with Crippen molar-refractivity contribution in [2.24, 2.45) is 5.41 Å². The maximum atomic E-state index is 12.5. The normalized spacial score (nSPS) is 17.3. The number of hydrogen-bond donors (Lipinski definition) is 1. The number of amides is 4. The number of likely N-dealkylation sites (tertiary alicyclic amines) is 1. The molecule has 0 aromatic rings. The van der Waals surface area contributed by atoms with E-state index in [1.807, 2.05) is 0 Å². The second kappa shape index (κ2) is 17.5. The van der Waals surface area contributed by atoms with Gasteiger partial charge in [0.2, 0.25) is 5.91 Å². The number of ether oxygens (including phenoxy) is 3. The van der Waals surface area contributed by atoms with E-state index in [1.165, 1.54) is 26.5 Å². The molecule has 0 spiro atoms. The van der Waals surface area contributed by atoms with Gasteiger partial charge in [0, 0.05) is 38.1 Å². The van der Waals surface area contributed by atoms with Gasteiger partial charge in [-0.25, -0.2) is 9.59 Å². The molecule has 2 rings (SSSR count). The van der Waals surface area contributed by atoms with E-state index in [9.17, 15) is 24.0 Å². The molecule has 1 N–H and O–H groups in total. The fourth-order valence-corrected chi connectivity index (χ4v) is 6.76. The van der Waals surface area contributed by atoms with Gasteiger partial charge in [-0.05, 0) is 38.0 Å². The minimum atomic E-state index is -0.827. The van der Waals surface area contributed by atoms with Gasteiger partial charge in [0.05, 0.1) is 13.0 Å². The third-order valence-electron chi connectivity index (χ3n) is 6.90. The summed E-state index contributed by atoms with van der Waals surface area (Å²) in [4.78, 5) is 63.9. The van der Waals surface area contributed by atoms with Gasteiger partial charge in [-0.1, -0.05) is 47.8 Å². The fourth-order valence-electron chi connectivity index (χ4n) is 5.10. The number of carbonyl (C=O) groups excluding carboxylic acids is 5. The summed E-state index contributed by atoms with van der Waals surface area (Å²) in [5.41, 5.74) is -0.261. The number of carbonyl (C=O) groups is 5. The summed E-state index contributed by atoms with van der Waals surface area (Å²) < 4.78 is 15.6. The van der Waals surface area contributed by atoms with Gasteiger partial charge in [-0.15, -0.1) is 0 Å². The van der Waals surface area contributed by atoms with Crippen molar-refractivity contribution in [1.82, 2.24) is 15.1 Å². The van der Waals surface area contributed by atoms with Crippen molar-refractivity contribution in [2.75, 3.05) is 51.5 Å². The number of alkyl carbamates (subject to hydrolysis) is 1. The Morgan fingerprint density at radius 1 is 1.00 bits per heavy atom. The van der Waals surface area contributed by atoms with Gasteiger partial charge >= 0.3 is 18.2 Å². The monoisotopic (exact) mass is 589 g/mol. The third kappa shape index (κ3) is 11.5. The average molecular weight is 590 g/mol. The quantitative estimate of drug-likeness (QED) is 0.129. The molecular weight excluding hydrogens is 546 g/mol. The Balaban J connectivity index is 1.58. The van der Waals surface area contributed by atoms with E-state index in [-0.39, 0.29) is 30.5 Å². The average Bonchev–Trinajstić information content (AvgIpc) is 3.31. The summed E-state index contributed by atoms with van der Waals surface area (Å²) in [6, 6.07) is -0.662. The minimum absolute atomic E-state index is 0.0711. The van der Waals surface area contributed by atoms with E-state index in [2.05, 4.69) is 5.32 Å². The zero-order valence-electron chi connectivity index (χ0n) is 23.4. The number of nitrogens with one attached hydrogen (secondary N) is 1. The SMILES string of the molecule is CCOC(=O)CC1(CN(C)C(=O)OCCSSCCOC(=O)NC(=O)[C@H](CC)N2CCCC2=O)CCCCC1. The highest BCUT2D eigenvalue weighted by Crippen LogP contribution is 2.40. The van der Waals surface area contributed by atoms with E-state index in [1.54, 1.807) is 25.8 Å². The van der Waals surface area contributed by atoms with Gasteiger partial charge < -0.3 is 24.0 Å². The highest BCUT2D eigenvalue weighted by atomic mass is 33.1. The van der Waals surface area contributed by atoms with E-state index in [0.29, 0.717) is 50.5 Å². The maximum Gasteiger partial charge on any atom is 0.413 e. The molecule has 0 aromatic heterocycles. The van der Waals surface area contributed by atoms with Crippen LogP contribution in [-0.2, 0) is 28.6 Å². The molecule has 0 aromatic carbocycles. The summed E-state index contributed by atoms with van der Waals surface area (Å²) in [5.74, 6) is 0.245. The van der Waals surface area contributed by atoms with Crippen LogP contribution in [0.25, 0.3) is 0 Å². The molecule has 2 fully saturated rings. The summed E-state index contributed by atoms with van der Waals surface area (Å²) >= 11 is 0. The van der Waals surface area contributed by atoms with Crippen LogP contribution in [0, 0.1) is 5.41 Å². The number of esters is 1. The lowest BCUT2D eigenvalue weighted by molar-refractivity contribution is -0.147. The third-order valence-corrected chi connectivity index (χ3v) is 9.23. The predicted octanol–water partition coefficient (Wildman–Crippen LogP) is 3.99. The molecule has 222 valence electrons. The van der Waals surface area contributed by atoms with Crippen LogP contribution in [0.3, 0.4) is 0 Å². The Hall–Kier alpha value is -2.15. The van der Waals surface area contributed by atoms with Crippen LogP contribution in [0.1, 0.15) is 71.6 Å². The second-order valence-corrected chi connectivity index (χ2v) is 12.6. The van der Waals surface area contributed by atoms with Crippen LogP contribution >= 0.6 is 21.6 Å². The van der Waals surface area contributed by atoms with Crippen LogP contribution in [0.2, 0.25) is 0 Å². The summed E-state index contributed by atoms with van der Waals surface area (Å²) in [6.07, 6.45) is 5.64. The van der Waals surface area contributed by atoms with Crippen molar-refractivity contribution in [2.45, 2.75) is 77.7 Å². The van der Waals surface area contributed by atoms with E-state index in [0.717, 1.165) is 38.5 Å². The highest BCUT2D eigenvalue weighted by Gasteiger charge is 2.37. The zero-order valence-corrected chi connectivity index (χ0v) is 25.0. The van der Waals surface area contributed by atoms with Crippen LogP contribution in [0.15, 0.2) is 0 Å². The van der Waals surface area contributed by atoms with E-state index < -0.39 is 24.1 Å². The van der Waals surface area contributed by atoms with E-state index in [4.69, 9.17) is 14.2 Å². The van der Waals surface area contributed by atoms with Crippen molar-refractivity contribution in [3.05, 3.63) is 0 Å². The summed E-state index contributed by atoms with van der Waals surface area (Å²) in [5, 5.41) is 2.21. The zero-order chi connectivity index (χ0) is 28.7. The molecule has 39 heavy (non-hydrogen) atoms. The van der Waals surface area contributed by atoms with E-state index >= 15 is 0 Å². The molecule has 0 radical (unpaired) electrons. The van der Waals surface area contributed by atoms with Crippen LogP contribution in [-0.4, -0.2) is 97.3 Å². The molecule has 11 nitrogen and oxygen atoms in total. The second-order valence-electron chi connectivity index (χ2n) is 9.90. The molecule has 1 saturated carbocycles. The Kier molecular flexibility index (Phi) is 14.9. The molecule has 4 amide bonds. The Morgan fingerprint density at radius 3 is 2.26 bits per heavy atom. The highest BCUT2D eigenvalue weighted by molar-refractivity contribution is 8.76. The Labute approximate surface area is 239 Å². The topological polar surface area (TPSA) is 132 Å². The van der Waals surface area contributed by atoms with Gasteiger partial charge in [-0.3, -0.25) is 19.7 Å². The van der Waals surface area contributed by atoms with Gasteiger partial charge in [0.1, 0.15) is 19.3 Å². The van der Waals surface area contributed by atoms with Gasteiger partial charge in [0.15, 0.2) is 0 Å². The van der Waals surface area contributed by atoms with Gasteiger partial charge in [-0.2, -0.15) is 0 Å². The summed E-state index contributed by atoms with van der Waals surface area (Å²) in [6.45, 7) is 5.27. The molecule has 1 heterocycles.